The largest absolute Gasteiger partial charge is 0.353 e. The topological polar surface area (TPSA) is 66.0 Å². The summed E-state index contributed by atoms with van der Waals surface area (Å²) < 4.78 is 2.22. The summed E-state index contributed by atoms with van der Waals surface area (Å²) in [6.45, 7) is 7.35. The van der Waals surface area contributed by atoms with Crippen molar-refractivity contribution in [2.24, 2.45) is 0 Å². The van der Waals surface area contributed by atoms with Gasteiger partial charge in [0.25, 0.3) is 0 Å². The van der Waals surface area contributed by atoms with Gasteiger partial charge in [-0.25, -0.2) is 0 Å². The lowest BCUT2D eigenvalue weighted by atomic mass is 10.1. The van der Waals surface area contributed by atoms with Crippen LogP contribution in [0.25, 0.3) is 11.4 Å². The number of likely N-dealkylation sites (tertiary alicyclic amines) is 1. The number of aromatic amines is 1. The van der Waals surface area contributed by atoms with Gasteiger partial charge in [0.15, 0.2) is 10.6 Å². The average Bonchev–Trinajstić information content (AvgIpc) is 3.28. The fourth-order valence-corrected chi connectivity index (χ4v) is 3.65. The number of carbonyl (C=O) groups is 1. The summed E-state index contributed by atoms with van der Waals surface area (Å²) in [5.74, 6) is 0.658. The lowest BCUT2D eigenvalue weighted by Crippen LogP contribution is -2.43. The van der Waals surface area contributed by atoms with Crippen molar-refractivity contribution in [3.8, 4) is 11.4 Å². The summed E-state index contributed by atoms with van der Waals surface area (Å²) in [6.07, 6.45) is 3.56. The molecule has 0 aliphatic carbocycles. The van der Waals surface area contributed by atoms with Gasteiger partial charge in [0.1, 0.15) is 6.54 Å². The van der Waals surface area contributed by atoms with Gasteiger partial charge in [0, 0.05) is 18.2 Å². The van der Waals surface area contributed by atoms with E-state index in [1.165, 1.54) is 18.4 Å². The van der Waals surface area contributed by atoms with Crippen molar-refractivity contribution < 1.29 is 4.79 Å². The molecule has 0 bridgehead atoms. The van der Waals surface area contributed by atoms with Crippen LogP contribution in [0, 0.1) is 11.7 Å². The first-order valence-electron chi connectivity index (χ1n) is 9.31. The molecule has 26 heavy (non-hydrogen) atoms. The molecule has 1 atom stereocenters. The Kier molecular flexibility index (Phi) is 6.21. The van der Waals surface area contributed by atoms with E-state index in [1.54, 1.807) is 4.57 Å². The highest BCUT2D eigenvalue weighted by Crippen LogP contribution is 2.18. The van der Waals surface area contributed by atoms with E-state index in [2.05, 4.69) is 27.3 Å². The molecule has 1 aromatic carbocycles. The van der Waals surface area contributed by atoms with Crippen molar-refractivity contribution >= 4 is 18.1 Å². The number of aryl methyl sites for hydroxylation is 1. The molecule has 1 aliphatic heterocycles. The van der Waals surface area contributed by atoms with Crippen LogP contribution in [-0.4, -0.2) is 51.2 Å². The monoisotopic (exact) mass is 373 g/mol. The van der Waals surface area contributed by atoms with Gasteiger partial charge in [0.2, 0.25) is 5.91 Å². The maximum atomic E-state index is 12.5. The molecule has 1 saturated heterocycles. The van der Waals surface area contributed by atoms with Crippen LogP contribution < -0.4 is 5.32 Å². The van der Waals surface area contributed by atoms with Gasteiger partial charge in [-0.2, -0.15) is 5.10 Å². The van der Waals surface area contributed by atoms with Gasteiger partial charge >= 0.3 is 0 Å². The summed E-state index contributed by atoms with van der Waals surface area (Å²) in [5, 5.41) is 10.2. The van der Waals surface area contributed by atoms with Crippen LogP contribution in [0.1, 0.15) is 31.7 Å². The predicted octanol–water partition coefficient (Wildman–Crippen LogP) is 2.91. The number of benzene rings is 1. The minimum atomic E-state index is -0.0338. The Morgan fingerprint density at radius 2 is 2.00 bits per heavy atom. The van der Waals surface area contributed by atoms with Crippen molar-refractivity contribution in [1.29, 1.82) is 0 Å². The predicted molar refractivity (Wildman–Crippen MR) is 105 cm³/mol. The standard InChI is InChI=1S/C19H27N5OS/c1-3-16(23-10-4-5-11-23)12-20-17(25)13-24-18(21-22-19(24)26)15-8-6-14(2)7-9-15/h6-9,16H,3-5,10-13H2,1-2H3,(H,20,25)(H,22,26). The number of aromatic nitrogens is 3. The second-order valence-corrected chi connectivity index (χ2v) is 7.30. The molecule has 1 amide bonds. The van der Waals surface area contributed by atoms with Gasteiger partial charge in [0.05, 0.1) is 0 Å². The summed E-state index contributed by atoms with van der Waals surface area (Å²) in [6, 6.07) is 8.46. The van der Waals surface area contributed by atoms with Gasteiger partial charge in [-0.3, -0.25) is 19.4 Å². The highest BCUT2D eigenvalue weighted by molar-refractivity contribution is 7.71. The van der Waals surface area contributed by atoms with Crippen LogP contribution >= 0.6 is 12.2 Å². The molecule has 0 saturated carbocycles. The fraction of sp³-hybridized carbons (Fsp3) is 0.526. The van der Waals surface area contributed by atoms with Crippen LogP contribution in [0.2, 0.25) is 0 Å². The Bertz CT molecular complexity index is 789. The van der Waals surface area contributed by atoms with Gasteiger partial charge < -0.3 is 5.32 Å². The Labute approximate surface area is 159 Å². The van der Waals surface area contributed by atoms with Gasteiger partial charge in [-0.15, -0.1) is 0 Å². The molecule has 0 spiro atoms. The third-order valence-electron chi connectivity index (χ3n) is 5.03. The van der Waals surface area contributed by atoms with Crippen LogP contribution in [0.4, 0.5) is 0 Å². The molecule has 2 aromatic rings. The minimum Gasteiger partial charge on any atom is -0.353 e. The first-order valence-corrected chi connectivity index (χ1v) is 9.72. The van der Waals surface area contributed by atoms with Crippen molar-refractivity contribution in [2.45, 2.75) is 45.7 Å². The summed E-state index contributed by atoms with van der Waals surface area (Å²) in [7, 11) is 0. The maximum Gasteiger partial charge on any atom is 0.240 e. The number of hydrogen-bond acceptors (Lipinski definition) is 4. The van der Waals surface area contributed by atoms with Crippen LogP contribution in [0.15, 0.2) is 24.3 Å². The SMILES string of the molecule is CCC(CNC(=O)Cn1c(-c2ccc(C)cc2)n[nH]c1=S)N1CCCC1. The molecule has 2 N–H and O–H groups in total. The fourth-order valence-electron chi connectivity index (χ4n) is 3.46. The number of nitrogens with zero attached hydrogens (tertiary/aromatic N) is 3. The van der Waals surface area contributed by atoms with Gasteiger partial charge in [-0.1, -0.05) is 36.8 Å². The van der Waals surface area contributed by atoms with Crippen molar-refractivity contribution in [1.82, 2.24) is 25.0 Å². The van der Waals surface area contributed by atoms with Crippen molar-refractivity contribution in [2.75, 3.05) is 19.6 Å². The number of rotatable bonds is 7. The van der Waals surface area contributed by atoms with Gasteiger partial charge in [-0.05, 0) is 51.5 Å². The molecule has 1 fully saturated rings. The van der Waals surface area contributed by atoms with E-state index >= 15 is 0 Å². The summed E-state index contributed by atoms with van der Waals surface area (Å²) >= 11 is 5.32. The first kappa shape index (κ1) is 18.8. The molecule has 6 nitrogen and oxygen atoms in total. The number of carbonyl (C=O) groups excluding carboxylic acids is 1. The number of nitrogens with one attached hydrogen (secondary N) is 2. The average molecular weight is 374 g/mol. The molecule has 140 valence electrons. The van der Waals surface area contributed by atoms with E-state index in [4.69, 9.17) is 12.2 Å². The molecule has 7 heteroatoms. The summed E-state index contributed by atoms with van der Waals surface area (Å²) in [4.78, 5) is 15.0. The van der Waals surface area contributed by atoms with E-state index in [1.807, 2.05) is 31.2 Å². The van der Waals surface area contributed by atoms with Crippen LogP contribution in [0.3, 0.4) is 0 Å². The van der Waals surface area contributed by atoms with Crippen molar-refractivity contribution in [3.63, 3.8) is 0 Å². The molecule has 1 aliphatic rings. The molecular weight excluding hydrogens is 346 g/mol. The molecule has 1 unspecified atom stereocenters. The number of H-pyrrole nitrogens is 1. The summed E-state index contributed by atoms with van der Waals surface area (Å²) in [5.41, 5.74) is 2.12. The first-order chi connectivity index (χ1) is 12.6. The zero-order valence-corrected chi connectivity index (χ0v) is 16.3. The molecule has 1 aromatic heterocycles. The zero-order chi connectivity index (χ0) is 18.5. The maximum absolute atomic E-state index is 12.5. The quantitative estimate of drug-likeness (QED) is 0.733. The van der Waals surface area contributed by atoms with Crippen molar-refractivity contribution in [3.05, 3.63) is 34.6 Å². The minimum absolute atomic E-state index is 0.0338. The van der Waals surface area contributed by atoms with Crippen LogP contribution in [-0.2, 0) is 11.3 Å². The lowest BCUT2D eigenvalue weighted by molar-refractivity contribution is -0.121. The van der Waals surface area contributed by atoms with E-state index in [9.17, 15) is 4.79 Å². The highest BCUT2D eigenvalue weighted by atomic mass is 32.1. The molecular formula is C19H27N5OS. The lowest BCUT2D eigenvalue weighted by Gasteiger charge is -2.26. The Morgan fingerprint density at radius 1 is 1.31 bits per heavy atom. The Morgan fingerprint density at radius 3 is 2.65 bits per heavy atom. The highest BCUT2D eigenvalue weighted by Gasteiger charge is 2.21. The Hall–Kier alpha value is -1.99. The molecule has 2 heterocycles. The normalized spacial score (nSPS) is 15.9. The van der Waals surface area contributed by atoms with Crippen LogP contribution in [0.5, 0.6) is 0 Å². The third kappa shape index (κ3) is 4.40. The van der Waals surface area contributed by atoms with E-state index < -0.39 is 0 Å². The second kappa shape index (κ2) is 8.60. The third-order valence-corrected chi connectivity index (χ3v) is 5.34. The number of hydrogen-bond donors (Lipinski definition) is 2. The molecule has 0 radical (unpaired) electrons. The van der Waals surface area contributed by atoms with E-state index in [0.717, 1.165) is 25.1 Å². The van der Waals surface area contributed by atoms with E-state index in [0.29, 0.717) is 23.2 Å². The smallest absolute Gasteiger partial charge is 0.240 e. The number of amides is 1. The second-order valence-electron chi connectivity index (χ2n) is 6.91. The Balaban J connectivity index is 1.65. The molecule has 3 rings (SSSR count). The van der Waals surface area contributed by atoms with E-state index in [-0.39, 0.29) is 12.5 Å². The zero-order valence-electron chi connectivity index (χ0n) is 15.5.